The minimum atomic E-state index is -0.1000. The predicted molar refractivity (Wildman–Crippen MR) is 77.6 cm³/mol. The molecule has 0 saturated carbocycles. The van der Waals surface area contributed by atoms with Gasteiger partial charge in [-0.1, -0.05) is 12.1 Å². The van der Waals surface area contributed by atoms with E-state index in [4.69, 9.17) is 0 Å². The van der Waals surface area contributed by atoms with Crippen LogP contribution in [-0.2, 0) is 0 Å². The molecule has 2 nitrogen and oxygen atoms in total. The number of hydrogen-bond acceptors (Lipinski definition) is 2. The fourth-order valence-corrected chi connectivity index (χ4v) is 1.83. The second-order valence-corrected chi connectivity index (χ2v) is 4.84. The van der Waals surface area contributed by atoms with Crippen molar-refractivity contribution >= 4 is 24.2 Å². The highest BCUT2D eigenvalue weighted by Gasteiger charge is 2.07. The van der Waals surface area contributed by atoms with Crippen LogP contribution in [0.15, 0.2) is 47.4 Å². The summed E-state index contributed by atoms with van der Waals surface area (Å²) >= 11 is 4.20. The number of hydrogen-bond donors (Lipinski definition) is 2. The highest BCUT2D eigenvalue weighted by Crippen LogP contribution is 2.17. The average molecular weight is 257 g/mol. The molecule has 18 heavy (non-hydrogen) atoms. The van der Waals surface area contributed by atoms with E-state index in [1.54, 1.807) is 24.3 Å². The molecule has 2 aromatic carbocycles. The SMILES string of the molecule is Cc1ccc(C)c(NC(=O)c2ccc(S)cc2)c1. The number of benzene rings is 2. The molecule has 0 aromatic heterocycles. The van der Waals surface area contributed by atoms with Gasteiger partial charge in [0, 0.05) is 16.1 Å². The van der Waals surface area contributed by atoms with Gasteiger partial charge in [-0.05, 0) is 55.3 Å². The number of aryl methyl sites for hydroxylation is 2. The molecule has 0 heterocycles. The van der Waals surface area contributed by atoms with Crippen LogP contribution in [0.5, 0.6) is 0 Å². The van der Waals surface area contributed by atoms with Crippen molar-refractivity contribution in [3.05, 3.63) is 59.2 Å². The third-order valence-corrected chi connectivity index (χ3v) is 3.07. The van der Waals surface area contributed by atoms with Crippen molar-refractivity contribution in [1.29, 1.82) is 0 Å². The van der Waals surface area contributed by atoms with E-state index in [-0.39, 0.29) is 5.91 Å². The van der Waals surface area contributed by atoms with Crippen LogP contribution in [0.3, 0.4) is 0 Å². The number of carbonyl (C=O) groups is 1. The van der Waals surface area contributed by atoms with Crippen molar-refractivity contribution in [2.75, 3.05) is 5.32 Å². The Kier molecular flexibility index (Phi) is 3.72. The summed E-state index contributed by atoms with van der Waals surface area (Å²) < 4.78 is 0. The number of nitrogens with one attached hydrogen (secondary N) is 1. The van der Waals surface area contributed by atoms with Crippen LogP contribution in [0.1, 0.15) is 21.5 Å². The van der Waals surface area contributed by atoms with Gasteiger partial charge < -0.3 is 5.32 Å². The lowest BCUT2D eigenvalue weighted by molar-refractivity contribution is 0.102. The van der Waals surface area contributed by atoms with E-state index in [1.807, 2.05) is 32.0 Å². The number of rotatable bonds is 2. The molecule has 0 bridgehead atoms. The van der Waals surface area contributed by atoms with Crippen molar-refractivity contribution < 1.29 is 4.79 Å². The Morgan fingerprint density at radius 1 is 1.06 bits per heavy atom. The fourth-order valence-electron chi connectivity index (χ4n) is 1.68. The molecule has 1 amide bonds. The smallest absolute Gasteiger partial charge is 0.255 e. The Morgan fingerprint density at radius 2 is 1.72 bits per heavy atom. The first-order valence-corrected chi connectivity index (χ1v) is 6.18. The normalized spacial score (nSPS) is 10.2. The summed E-state index contributed by atoms with van der Waals surface area (Å²) in [6.07, 6.45) is 0. The molecule has 0 radical (unpaired) electrons. The maximum Gasteiger partial charge on any atom is 0.255 e. The van der Waals surface area contributed by atoms with Gasteiger partial charge in [-0.3, -0.25) is 4.79 Å². The van der Waals surface area contributed by atoms with E-state index < -0.39 is 0 Å². The zero-order chi connectivity index (χ0) is 13.1. The summed E-state index contributed by atoms with van der Waals surface area (Å²) in [7, 11) is 0. The molecule has 0 atom stereocenters. The van der Waals surface area contributed by atoms with Crippen molar-refractivity contribution in [2.45, 2.75) is 18.7 Å². The number of thiol groups is 1. The monoisotopic (exact) mass is 257 g/mol. The van der Waals surface area contributed by atoms with Crippen LogP contribution >= 0.6 is 12.6 Å². The third kappa shape index (κ3) is 2.93. The molecule has 2 aromatic rings. The standard InChI is InChI=1S/C15H15NOS/c1-10-3-4-11(2)14(9-10)16-15(17)12-5-7-13(18)8-6-12/h3-9,18H,1-2H3,(H,16,17). The molecule has 2 rings (SSSR count). The van der Waals surface area contributed by atoms with Crippen LogP contribution in [0, 0.1) is 13.8 Å². The molecule has 0 aliphatic carbocycles. The summed E-state index contributed by atoms with van der Waals surface area (Å²) in [5.74, 6) is -0.1000. The van der Waals surface area contributed by atoms with E-state index in [1.165, 1.54) is 0 Å². The second kappa shape index (κ2) is 5.27. The zero-order valence-electron chi connectivity index (χ0n) is 10.4. The van der Waals surface area contributed by atoms with Crippen molar-refractivity contribution in [2.24, 2.45) is 0 Å². The highest BCUT2D eigenvalue weighted by atomic mass is 32.1. The van der Waals surface area contributed by atoms with Crippen LogP contribution < -0.4 is 5.32 Å². The second-order valence-electron chi connectivity index (χ2n) is 4.32. The Labute approximate surface area is 112 Å². The van der Waals surface area contributed by atoms with E-state index in [0.717, 1.165) is 21.7 Å². The van der Waals surface area contributed by atoms with E-state index >= 15 is 0 Å². The van der Waals surface area contributed by atoms with Gasteiger partial charge in [0.2, 0.25) is 0 Å². The largest absolute Gasteiger partial charge is 0.322 e. The first-order valence-electron chi connectivity index (χ1n) is 5.74. The molecule has 0 spiro atoms. The van der Waals surface area contributed by atoms with E-state index in [9.17, 15) is 4.79 Å². The topological polar surface area (TPSA) is 29.1 Å². The molecule has 0 fully saturated rings. The molecule has 0 aliphatic rings. The molecule has 3 heteroatoms. The van der Waals surface area contributed by atoms with Crippen LogP contribution in [0.2, 0.25) is 0 Å². The first kappa shape index (κ1) is 12.7. The quantitative estimate of drug-likeness (QED) is 0.786. The van der Waals surface area contributed by atoms with Crippen LogP contribution in [-0.4, -0.2) is 5.91 Å². The van der Waals surface area contributed by atoms with Gasteiger partial charge in [0.1, 0.15) is 0 Å². The van der Waals surface area contributed by atoms with E-state index in [0.29, 0.717) is 5.56 Å². The minimum absolute atomic E-state index is 0.1000. The van der Waals surface area contributed by atoms with Gasteiger partial charge in [0.15, 0.2) is 0 Å². The Morgan fingerprint density at radius 3 is 2.39 bits per heavy atom. The Hall–Kier alpha value is -1.74. The molecule has 92 valence electrons. The Balaban J connectivity index is 2.21. The molecule has 1 N–H and O–H groups in total. The lowest BCUT2D eigenvalue weighted by Gasteiger charge is -2.09. The lowest BCUT2D eigenvalue weighted by atomic mass is 10.1. The zero-order valence-corrected chi connectivity index (χ0v) is 11.3. The van der Waals surface area contributed by atoms with Crippen LogP contribution in [0.4, 0.5) is 5.69 Å². The molecule has 0 saturated heterocycles. The lowest BCUT2D eigenvalue weighted by Crippen LogP contribution is -2.12. The average Bonchev–Trinajstić information content (AvgIpc) is 2.34. The number of anilines is 1. The molecule has 0 aliphatic heterocycles. The van der Waals surface area contributed by atoms with Crippen LogP contribution in [0.25, 0.3) is 0 Å². The fraction of sp³-hybridized carbons (Fsp3) is 0.133. The maximum absolute atomic E-state index is 12.1. The molecular weight excluding hydrogens is 242 g/mol. The number of amides is 1. The molecular formula is C15H15NOS. The van der Waals surface area contributed by atoms with E-state index in [2.05, 4.69) is 17.9 Å². The number of carbonyl (C=O) groups excluding carboxylic acids is 1. The summed E-state index contributed by atoms with van der Waals surface area (Å²) in [6, 6.07) is 13.1. The maximum atomic E-state index is 12.1. The van der Waals surface area contributed by atoms with Gasteiger partial charge in [0.05, 0.1) is 0 Å². The molecule has 0 unspecified atom stereocenters. The van der Waals surface area contributed by atoms with Gasteiger partial charge in [0.25, 0.3) is 5.91 Å². The van der Waals surface area contributed by atoms with Gasteiger partial charge in [-0.25, -0.2) is 0 Å². The van der Waals surface area contributed by atoms with Crippen molar-refractivity contribution in [3.8, 4) is 0 Å². The third-order valence-electron chi connectivity index (χ3n) is 2.77. The highest BCUT2D eigenvalue weighted by molar-refractivity contribution is 7.80. The van der Waals surface area contributed by atoms with Gasteiger partial charge >= 0.3 is 0 Å². The predicted octanol–water partition coefficient (Wildman–Crippen LogP) is 3.84. The summed E-state index contributed by atoms with van der Waals surface area (Å²) in [6.45, 7) is 3.98. The van der Waals surface area contributed by atoms with Crippen molar-refractivity contribution in [1.82, 2.24) is 0 Å². The van der Waals surface area contributed by atoms with Gasteiger partial charge in [-0.15, -0.1) is 12.6 Å². The summed E-state index contributed by atoms with van der Waals surface area (Å²) in [5.41, 5.74) is 3.67. The first-order chi connectivity index (χ1) is 8.56. The van der Waals surface area contributed by atoms with Gasteiger partial charge in [-0.2, -0.15) is 0 Å². The summed E-state index contributed by atoms with van der Waals surface area (Å²) in [5, 5.41) is 2.92. The Bertz CT molecular complexity index is 576. The minimum Gasteiger partial charge on any atom is -0.322 e. The van der Waals surface area contributed by atoms with Crippen molar-refractivity contribution in [3.63, 3.8) is 0 Å². The summed E-state index contributed by atoms with van der Waals surface area (Å²) in [4.78, 5) is 12.9.